The highest BCUT2D eigenvalue weighted by Gasteiger charge is 2.15. The zero-order chi connectivity index (χ0) is 14.9. The molecule has 2 rings (SSSR count). The Morgan fingerprint density at radius 3 is 2.57 bits per heavy atom. The summed E-state index contributed by atoms with van der Waals surface area (Å²) in [5.74, 6) is 0.670. The maximum Gasteiger partial charge on any atom is 0.0661 e. The standard InChI is InChI=1S/C18H29NO2/c1-3-4-15-5-7-17(8-6-15)18(19-2)14-21-13-16-9-11-20-12-10-16/h5-8,16,18-19H,3-4,9-14H2,1-2H3. The fourth-order valence-corrected chi connectivity index (χ4v) is 2.82. The Kier molecular flexibility index (Phi) is 7.20. The van der Waals surface area contributed by atoms with Crippen molar-refractivity contribution >= 4 is 0 Å². The lowest BCUT2D eigenvalue weighted by Gasteiger charge is -2.23. The van der Waals surface area contributed by atoms with E-state index in [0.29, 0.717) is 5.92 Å². The molecule has 1 fully saturated rings. The lowest BCUT2D eigenvalue weighted by Crippen LogP contribution is -2.25. The summed E-state index contributed by atoms with van der Waals surface area (Å²) in [4.78, 5) is 0. The summed E-state index contributed by atoms with van der Waals surface area (Å²) in [5.41, 5.74) is 2.73. The van der Waals surface area contributed by atoms with Crippen molar-refractivity contribution in [3.8, 4) is 0 Å². The summed E-state index contributed by atoms with van der Waals surface area (Å²) in [7, 11) is 2.00. The molecular weight excluding hydrogens is 262 g/mol. The molecule has 1 aromatic rings. The Balaban J connectivity index is 1.78. The molecule has 118 valence electrons. The Morgan fingerprint density at radius 1 is 1.24 bits per heavy atom. The molecule has 1 atom stereocenters. The third kappa shape index (κ3) is 5.42. The average molecular weight is 291 g/mol. The van der Waals surface area contributed by atoms with Crippen molar-refractivity contribution in [2.45, 2.75) is 38.6 Å². The number of aryl methyl sites for hydroxylation is 1. The largest absolute Gasteiger partial charge is 0.381 e. The van der Waals surface area contributed by atoms with Crippen molar-refractivity contribution in [2.24, 2.45) is 5.92 Å². The van der Waals surface area contributed by atoms with E-state index in [1.54, 1.807) is 0 Å². The van der Waals surface area contributed by atoms with Gasteiger partial charge in [-0.1, -0.05) is 37.6 Å². The van der Waals surface area contributed by atoms with Crippen LogP contribution in [0.5, 0.6) is 0 Å². The van der Waals surface area contributed by atoms with Gasteiger partial charge in [0, 0.05) is 19.8 Å². The van der Waals surface area contributed by atoms with E-state index in [0.717, 1.165) is 45.7 Å². The second kappa shape index (κ2) is 9.19. The molecule has 1 N–H and O–H groups in total. The molecule has 3 nitrogen and oxygen atoms in total. The second-order valence-electron chi connectivity index (χ2n) is 5.93. The minimum absolute atomic E-state index is 0.278. The molecule has 1 aliphatic rings. The molecule has 0 saturated carbocycles. The van der Waals surface area contributed by atoms with E-state index in [1.165, 1.54) is 17.5 Å². The zero-order valence-corrected chi connectivity index (χ0v) is 13.4. The number of ether oxygens (including phenoxy) is 2. The first-order valence-corrected chi connectivity index (χ1v) is 8.25. The molecule has 0 radical (unpaired) electrons. The number of nitrogens with one attached hydrogen (secondary N) is 1. The van der Waals surface area contributed by atoms with E-state index in [1.807, 2.05) is 7.05 Å². The van der Waals surface area contributed by atoms with Gasteiger partial charge in [-0.3, -0.25) is 0 Å². The SMILES string of the molecule is CCCc1ccc(C(COCC2CCOCC2)NC)cc1. The van der Waals surface area contributed by atoms with Crippen LogP contribution in [0.2, 0.25) is 0 Å². The van der Waals surface area contributed by atoms with Crippen LogP contribution in [-0.4, -0.2) is 33.5 Å². The zero-order valence-electron chi connectivity index (χ0n) is 13.4. The molecule has 0 spiro atoms. The van der Waals surface area contributed by atoms with Gasteiger partial charge in [-0.15, -0.1) is 0 Å². The molecular formula is C18H29NO2. The molecule has 1 aliphatic heterocycles. The van der Waals surface area contributed by atoms with Gasteiger partial charge in [0.05, 0.1) is 12.6 Å². The molecule has 1 aromatic carbocycles. The van der Waals surface area contributed by atoms with E-state index in [4.69, 9.17) is 9.47 Å². The number of likely N-dealkylation sites (N-methyl/N-ethyl adjacent to an activating group) is 1. The molecule has 21 heavy (non-hydrogen) atoms. The predicted molar refractivity (Wildman–Crippen MR) is 86.6 cm³/mol. The van der Waals surface area contributed by atoms with Gasteiger partial charge in [0.1, 0.15) is 0 Å². The van der Waals surface area contributed by atoms with Crippen LogP contribution in [-0.2, 0) is 15.9 Å². The molecule has 1 saturated heterocycles. The summed E-state index contributed by atoms with van der Waals surface area (Å²) >= 11 is 0. The molecule has 3 heteroatoms. The normalized spacial score (nSPS) is 17.8. The van der Waals surface area contributed by atoms with Gasteiger partial charge in [-0.2, -0.15) is 0 Å². The average Bonchev–Trinajstić information content (AvgIpc) is 2.54. The van der Waals surface area contributed by atoms with Crippen LogP contribution in [0.15, 0.2) is 24.3 Å². The highest BCUT2D eigenvalue weighted by Crippen LogP contribution is 2.18. The monoisotopic (exact) mass is 291 g/mol. The van der Waals surface area contributed by atoms with Crippen LogP contribution in [0, 0.1) is 5.92 Å². The predicted octanol–water partition coefficient (Wildman–Crippen LogP) is 3.34. The maximum absolute atomic E-state index is 5.94. The number of hydrogen-bond donors (Lipinski definition) is 1. The van der Waals surface area contributed by atoms with E-state index in [-0.39, 0.29) is 6.04 Å². The summed E-state index contributed by atoms with van der Waals surface area (Å²) in [6.45, 7) is 5.59. The number of rotatable bonds is 8. The fourth-order valence-electron chi connectivity index (χ4n) is 2.82. The van der Waals surface area contributed by atoms with Crippen molar-refractivity contribution < 1.29 is 9.47 Å². The van der Waals surface area contributed by atoms with Gasteiger partial charge < -0.3 is 14.8 Å². The van der Waals surface area contributed by atoms with Crippen LogP contribution in [0.3, 0.4) is 0 Å². The number of hydrogen-bond acceptors (Lipinski definition) is 3. The summed E-state index contributed by atoms with van der Waals surface area (Å²) in [6, 6.07) is 9.21. The van der Waals surface area contributed by atoms with E-state index >= 15 is 0 Å². The summed E-state index contributed by atoms with van der Waals surface area (Å²) in [6.07, 6.45) is 4.62. The second-order valence-corrected chi connectivity index (χ2v) is 5.93. The minimum Gasteiger partial charge on any atom is -0.381 e. The molecule has 0 amide bonds. The first kappa shape index (κ1) is 16.5. The van der Waals surface area contributed by atoms with Crippen molar-refractivity contribution in [1.82, 2.24) is 5.32 Å². The van der Waals surface area contributed by atoms with Gasteiger partial charge in [-0.25, -0.2) is 0 Å². The molecule has 0 aromatic heterocycles. The van der Waals surface area contributed by atoms with E-state index < -0.39 is 0 Å². The topological polar surface area (TPSA) is 30.5 Å². The molecule has 0 aliphatic carbocycles. The smallest absolute Gasteiger partial charge is 0.0661 e. The van der Waals surface area contributed by atoms with Crippen molar-refractivity contribution in [3.05, 3.63) is 35.4 Å². The molecule has 1 heterocycles. The van der Waals surface area contributed by atoms with E-state index in [2.05, 4.69) is 36.5 Å². The fraction of sp³-hybridized carbons (Fsp3) is 0.667. The quantitative estimate of drug-likeness (QED) is 0.797. The van der Waals surface area contributed by atoms with Gasteiger partial charge in [-0.05, 0) is 43.4 Å². The van der Waals surface area contributed by atoms with Crippen LogP contribution in [0.25, 0.3) is 0 Å². The van der Waals surface area contributed by atoms with Crippen molar-refractivity contribution in [1.29, 1.82) is 0 Å². The molecule has 1 unspecified atom stereocenters. The number of benzene rings is 1. The van der Waals surface area contributed by atoms with Crippen molar-refractivity contribution in [3.63, 3.8) is 0 Å². The van der Waals surface area contributed by atoms with Gasteiger partial charge in [0.2, 0.25) is 0 Å². The van der Waals surface area contributed by atoms with E-state index in [9.17, 15) is 0 Å². The van der Waals surface area contributed by atoms with Gasteiger partial charge in [0.25, 0.3) is 0 Å². The van der Waals surface area contributed by atoms with Crippen LogP contribution < -0.4 is 5.32 Å². The minimum atomic E-state index is 0.278. The Hall–Kier alpha value is -0.900. The third-order valence-electron chi connectivity index (χ3n) is 4.25. The first-order valence-electron chi connectivity index (χ1n) is 8.25. The Labute approximate surface area is 129 Å². The van der Waals surface area contributed by atoms with Gasteiger partial charge in [0.15, 0.2) is 0 Å². The Morgan fingerprint density at radius 2 is 1.95 bits per heavy atom. The van der Waals surface area contributed by atoms with Gasteiger partial charge >= 0.3 is 0 Å². The first-order chi connectivity index (χ1) is 10.3. The highest BCUT2D eigenvalue weighted by molar-refractivity contribution is 5.25. The highest BCUT2D eigenvalue weighted by atomic mass is 16.5. The lowest BCUT2D eigenvalue weighted by atomic mass is 10.0. The summed E-state index contributed by atoms with van der Waals surface area (Å²) < 4.78 is 11.3. The van der Waals surface area contributed by atoms with Crippen LogP contribution in [0.4, 0.5) is 0 Å². The maximum atomic E-state index is 5.94. The lowest BCUT2D eigenvalue weighted by molar-refractivity contribution is 0.0156. The van der Waals surface area contributed by atoms with Crippen LogP contribution >= 0.6 is 0 Å². The Bertz CT molecular complexity index is 385. The summed E-state index contributed by atoms with van der Waals surface area (Å²) in [5, 5.41) is 3.36. The molecule has 0 bridgehead atoms. The van der Waals surface area contributed by atoms with Crippen LogP contribution in [0.1, 0.15) is 43.4 Å². The van der Waals surface area contributed by atoms with Crippen molar-refractivity contribution in [2.75, 3.05) is 33.5 Å². The third-order valence-corrected chi connectivity index (χ3v) is 4.25.